The van der Waals surface area contributed by atoms with Crippen LogP contribution < -0.4 is 5.32 Å². The van der Waals surface area contributed by atoms with Gasteiger partial charge in [-0.3, -0.25) is 0 Å². The molecule has 0 amide bonds. The summed E-state index contributed by atoms with van der Waals surface area (Å²) in [5.74, 6) is 0.395. The van der Waals surface area contributed by atoms with Crippen molar-refractivity contribution in [2.75, 3.05) is 7.05 Å². The van der Waals surface area contributed by atoms with Gasteiger partial charge >= 0.3 is 0 Å². The first kappa shape index (κ1) is 15.8. The number of rotatable bonds is 4. The van der Waals surface area contributed by atoms with E-state index in [2.05, 4.69) is 19.2 Å². The van der Waals surface area contributed by atoms with Crippen molar-refractivity contribution in [3.05, 3.63) is 29.8 Å². The van der Waals surface area contributed by atoms with Crippen LogP contribution in [0.1, 0.15) is 33.1 Å². The fourth-order valence-electron chi connectivity index (χ4n) is 2.96. The van der Waals surface area contributed by atoms with E-state index in [0.717, 1.165) is 18.9 Å². The van der Waals surface area contributed by atoms with Crippen molar-refractivity contribution in [1.82, 2.24) is 5.32 Å². The van der Waals surface area contributed by atoms with Crippen LogP contribution in [0.4, 0.5) is 8.78 Å². The summed E-state index contributed by atoms with van der Waals surface area (Å²) in [6.45, 7) is 4.51. The quantitative estimate of drug-likeness (QED) is 0.880. The maximum Gasteiger partial charge on any atom is 0.139 e. The van der Waals surface area contributed by atoms with Crippen LogP contribution in [0.5, 0.6) is 0 Å². The predicted molar refractivity (Wildman–Crippen MR) is 81.0 cm³/mol. The first-order valence-corrected chi connectivity index (χ1v) is 8.18. The summed E-state index contributed by atoms with van der Waals surface area (Å²) in [6, 6.07) is 4.27. The minimum absolute atomic E-state index is 0.348. The standard InChI is InChI=1S/C16H23F2NS/c1-10(2)11-4-6-14(19-3)16(8-11)20-15-7-5-12(17)9-13(15)18/h5,7,9-11,14,16,19H,4,6,8H2,1-3H3. The Morgan fingerprint density at radius 1 is 1.25 bits per heavy atom. The molecular weight excluding hydrogens is 276 g/mol. The fraction of sp³-hybridized carbons (Fsp3) is 0.625. The van der Waals surface area contributed by atoms with Crippen LogP contribution in [-0.2, 0) is 0 Å². The normalized spacial score (nSPS) is 27.0. The van der Waals surface area contributed by atoms with Gasteiger partial charge in [0.05, 0.1) is 0 Å². The average molecular weight is 299 g/mol. The molecule has 112 valence electrons. The topological polar surface area (TPSA) is 12.0 Å². The Hall–Kier alpha value is -0.610. The zero-order chi connectivity index (χ0) is 14.7. The summed E-state index contributed by atoms with van der Waals surface area (Å²) in [5, 5.41) is 3.70. The van der Waals surface area contributed by atoms with Gasteiger partial charge in [-0.25, -0.2) is 8.78 Å². The SMILES string of the molecule is CNC1CCC(C(C)C)CC1Sc1ccc(F)cc1F. The largest absolute Gasteiger partial charge is 0.316 e. The van der Waals surface area contributed by atoms with Gasteiger partial charge in [0.25, 0.3) is 0 Å². The maximum atomic E-state index is 13.8. The number of nitrogens with one attached hydrogen (secondary N) is 1. The average Bonchev–Trinajstić information content (AvgIpc) is 2.41. The van der Waals surface area contributed by atoms with Crippen molar-refractivity contribution in [2.45, 2.75) is 49.3 Å². The molecule has 2 rings (SSSR count). The Balaban J connectivity index is 2.11. The third-order valence-corrected chi connectivity index (χ3v) is 5.73. The number of thioether (sulfide) groups is 1. The predicted octanol–water partition coefficient (Wildman–Crippen LogP) is 4.47. The molecule has 3 atom stereocenters. The second-order valence-corrected chi connectivity index (χ2v) is 7.22. The van der Waals surface area contributed by atoms with Crippen molar-refractivity contribution in [2.24, 2.45) is 11.8 Å². The Kier molecular flexibility index (Phi) is 5.44. The van der Waals surface area contributed by atoms with Crippen molar-refractivity contribution < 1.29 is 8.78 Å². The van der Waals surface area contributed by atoms with Gasteiger partial charge in [0.15, 0.2) is 0 Å². The molecule has 1 aromatic carbocycles. The lowest BCUT2D eigenvalue weighted by Gasteiger charge is -2.37. The van der Waals surface area contributed by atoms with Crippen molar-refractivity contribution in [3.8, 4) is 0 Å². The molecule has 0 radical (unpaired) electrons. The van der Waals surface area contributed by atoms with Crippen LogP contribution in [0.25, 0.3) is 0 Å². The zero-order valence-corrected chi connectivity index (χ0v) is 13.1. The van der Waals surface area contributed by atoms with Crippen LogP contribution in [0.15, 0.2) is 23.1 Å². The van der Waals surface area contributed by atoms with E-state index in [9.17, 15) is 8.78 Å². The molecule has 1 N–H and O–H groups in total. The van der Waals surface area contributed by atoms with Gasteiger partial charge in [-0.2, -0.15) is 0 Å². The van der Waals surface area contributed by atoms with E-state index in [4.69, 9.17) is 0 Å². The van der Waals surface area contributed by atoms with Gasteiger partial charge in [0.1, 0.15) is 11.6 Å². The van der Waals surface area contributed by atoms with Crippen LogP contribution in [-0.4, -0.2) is 18.3 Å². The molecule has 1 fully saturated rings. The molecule has 4 heteroatoms. The molecule has 3 unspecified atom stereocenters. The summed E-state index contributed by atoms with van der Waals surface area (Å²) in [7, 11) is 1.97. The van der Waals surface area contributed by atoms with E-state index in [0.29, 0.717) is 28.0 Å². The smallest absolute Gasteiger partial charge is 0.139 e. The second-order valence-electron chi connectivity index (χ2n) is 5.94. The summed E-state index contributed by atoms with van der Waals surface area (Å²) in [5.41, 5.74) is 0. The third-order valence-electron chi connectivity index (χ3n) is 4.32. The van der Waals surface area contributed by atoms with Crippen LogP contribution >= 0.6 is 11.8 Å². The molecule has 1 saturated carbocycles. The van der Waals surface area contributed by atoms with Crippen molar-refractivity contribution in [3.63, 3.8) is 0 Å². The van der Waals surface area contributed by atoms with Gasteiger partial charge in [0.2, 0.25) is 0 Å². The lowest BCUT2D eigenvalue weighted by molar-refractivity contribution is 0.251. The molecule has 20 heavy (non-hydrogen) atoms. The molecule has 1 nitrogen and oxygen atoms in total. The van der Waals surface area contributed by atoms with E-state index in [1.54, 1.807) is 17.8 Å². The summed E-state index contributed by atoms with van der Waals surface area (Å²) >= 11 is 1.55. The first-order chi connectivity index (χ1) is 9.51. The fourth-order valence-corrected chi connectivity index (χ4v) is 4.38. The number of hydrogen-bond acceptors (Lipinski definition) is 2. The second kappa shape index (κ2) is 6.90. The molecule has 0 spiro atoms. The Bertz CT molecular complexity index is 450. The minimum Gasteiger partial charge on any atom is -0.316 e. The molecule has 0 bridgehead atoms. The van der Waals surface area contributed by atoms with Gasteiger partial charge in [-0.15, -0.1) is 11.8 Å². The highest BCUT2D eigenvalue weighted by atomic mass is 32.2. The monoisotopic (exact) mass is 299 g/mol. The summed E-state index contributed by atoms with van der Waals surface area (Å²) < 4.78 is 26.8. The van der Waals surface area contributed by atoms with Gasteiger partial charge < -0.3 is 5.32 Å². The maximum absolute atomic E-state index is 13.8. The molecule has 0 aliphatic heterocycles. The minimum atomic E-state index is -0.513. The van der Waals surface area contributed by atoms with E-state index < -0.39 is 11.6 Å². The highest BCUT2D eigenvalue weighted by Crippen LogP contribution is 2.39. The lowest BCUT2D eigenvalue weighted by Crippen LogP contribution is -2.41. The van der Waals surface area contributed by atoms with Gasteiger partial charge in [0, 0.05) is 22.3 Å². The third kappa shape index (κ3) is 3.73. The lowest BCUT2D eigenvalue weighted by atomic mass is 9.79. The van der Waals surface area contributed by atoms with E-state index in [1.165, 1.54) is 12.5 Å². The highest BCUT2D eigenvalue weighted by molar-refractivity contribution is 8.00. The van der Waals surface area contributed by atoms with Crippen LogP contribution in [0, 0.1) is 23.5 Å². The molecular formula is C16H23F2NS. The first-order valence-electron chi connectivity index (χ1n) is 7.30. The van der Waals surface area contributed by atoms with Crippen molar-refractivity contribution in [1.29, 1.82) is 0 Å². The molecule has 1 aromatic rings. The number of halogens is 2. The number of hydrogen-bond donors (Lipinski definition) is 1. The molecule has 0 aromatic heterocycles. The number of benzene rings is 1. The van der Waals surface area contributed by atoms with Gasteiger partial charge in [-0.05, 0) is 50.3 Å². The van der Waals surface area contributed by atoms with E-state index in [-0.39, 0.29) is 0 Å². The van der Waals surface area contributed by atoms with E-state index in [1.807, 2.05) is 7.05 Å². The summed E-state index contributed by atoms with van der Waals surface area (Å²) in [6.07, 6.45) is 3.44. The van der Waals surface area contributed by atoms with Crippen LogP contribution in [0.2, 0.25) is 0 Å². The van der Waals surface area contributed by atoms with Crippen LogP contribution in [0.3, 0.4) is 0 Å². The Labute approximate surface area is 124 Å². The summed E-state index contributed by atoms with van der Waals surface area (Å²) in [4.78, 5) is 0.557. The Morgan fingerprint density at radius 2 is 2.00 bits per heavy atom. The highest BCUT2D eigenvalue weighted by Gasteiger charge is 2.32. The van der Waals surface area contributed by atoms with Crippen molar-refractivity contribution >= 4 is 11.8 Å². The van der Waals surface area contributed by atoms with Gasteiger partial charge in [-0.1, -0.05) is 13.8 Å². The molecule has 0 saturated heterocycles. The molecule has 0 heterocycles. The molecule has 1 aliphatic rings. The Morgan fingerprint density at radius 3 is 2.60 bits per heavy atom. The van der Waals surface area contributed by atoms with E-state index >= 15 is 0 Å². The zero-order valence-electron chi connectivity index (χ0n) is 12.3. The molecule has 1 aliphatic carbocycles.